The topological polar surface area (TPSA) is 29.5 Å². The first-order valence-corrected chi connectivity index (χ1v) is 6.05. The van der Waals surface area contributed by atoms with Crippen LogP contribution in [0.25, 0.3) is 11.1 Å². The van der Waals surface area contributed by atoms with Gasteiger partial charge in [-0.15, -0.1) is 13.2 Å². The van der Waals surface area contributed by atoms with Gasteiger partial charge in [-0.3, -0.25) is 0 Å². The van der Waals surface area contributed by atoms with Crippen molar-refractivity contribution in [2.24, 2.45) is 0 Å². The standard InChI is InChI=1S/C13H7Cl2F3O2/c14-8-1-2-11(12(15)5-8)7-3-9(19)6-10(4-7)20-13(16,17)18/h1-6,19H. The summed E-state index contributed by atoms with van der Waals surface area (Å²) in [6, 6.07) is 7.79. The lowest BCUT2D eigenvalue weighted by Gasteiger charge is -2.12. The van der Waals surface area contributed by atoms with Crippen molar-refractivity contribution >= 4 is 23.2 Å². The van der Waals surface area contributed by atoms with Gasteiger partial charge in [0.25, 0.3) is 0 Å². The summed E-state index contributed by atoms with van der Waals surface area (Å²) >= 11 is 11.7. The fourth-order valence-corrected chi connectivity index (χ4v) is 2.17. The van der Waals surface area contributed by atoms with Gasteiger partial charge in [-0.2, -0.15) is 0 Å². The first kappa shape index (κ1) is 14.8. The second-order valence-electron chi connectivity index (χ2n) is 3.89. The molecule has 0 unspecified atom stereocenters. The smallest absolute Gasteiger partial charge is 0.508 e. The molecular weight excluding hydrogens is 316 g/mol. The van der Waals surface area contributed by atoms with Crippen LogP contribution in [0.15, 0.2) is 36.4 Å². The molecular formula is C13H7Cl2F3O2. The number of aromatic hydroxyl groups is 1. The van der Waals surface area contributed by atoms with E-state index in [0.717, 1.165) is 12.1 Å². The molecule has 2 aromatic carbocycles. The average Bonchev–Trinajstić information content (AvgIpc) is 2.25. The van der Waals surface area contributed by atoms with Crippen LogP contribution in [0.1, 0.15) is 0 Å². The summed E-state index contributed by atoms with van der Waals surface area (Å²) in [5, 5.41) is 10.1. The van der Waals surface area contributed by atoms with Gasteiger partial charge in [0, 0.05) is 21.7 Å². The lowest BCUT2D eigenvalue weighted by Crippen LogP contribution is -2.17. The van der Waals surface area contributed by atoms with Gasteiger partial charge >= 0.3 is 6.36 Å². The van der Waals surface area contributed by atoms with Gasteiger partial charge in [0.05, 0.1) is 0 Å². The molecule has 0 aliphatic heterocycles. The third kappa shape index (κ3) is 3.71. The molecule has 0 amide bonds. The Morgan fingerprint density at radius 1 is 1.00 bits per heavy atom. The summed E-state index contributed by atoms with van der Waals surface area (Å²) in [4.78, 5) is 0. The first-order valence-electron chi connectivity index (χ1n) is 5.30. The highest BCUT2D eigenvalue weighted by Crippen LogP contribution is 2.36. The number of halogens is 5. The van der Waals surface area contributed by atoms with Gasteiger partial charge in [0.2, 0.25) is 0 Å². The molecule has 7 heteroatoms. The number of phenols is 1. The minimum Gasteiger partial charge on any atom is -0.508 e. The molecule has 0 aromatic heterocycles. The molecule has 0 radical (unpaired) electrons. The summed E-state index contributed by atoms with van der Waals surface area (Å²) in [6.45, 7) is 0. The normalized spacial score (nSPS) is 11.4. The van der Waals surface area contributed by atoms with Crippen LogP contribution in [-0.2, 0) is 0 Å². The van der Waals surface area contributed by atoms with Crippen LogP contribution in [-0.4, -0.2) is 11.5 Å². The van der Waals surface area contributed by atoms with Crippen LogP contribution in [0.5, 0.6) is 11.5 Å². The minimum absolute atomic E-state index is 0.251. The van der Waals surface area contributed by atoms with E-state index in [1.165, 1.54) is 24.3 Å². The second-order valence-corrected chi connectivity index (χ2v) is 4.73. The van der Waals surface area contributed by atoms with Gasteiger partial charge in [-0.05, 0) is 29.8 Å². The monoisotopic (exact) mass is 322 g/mol. The summed E-state index contributed by atoms with van der Waals surface area (Å²) < 4.78 is 40.4. The minimum atomic E-state index is -4.84. The van der Waals surface area contributed by atoms with Gasteiger partial charge in [0.15, 0.2) is 0 Å². The summed E-state index contributed by atoms with van der Waals surface area (Å²) in [5.74, 6) is -0.897. The molecule has 0 aliphatic rings. The molecule has 2 nitrogen and oxygen atoms in total. The van der Waals surface area contributed by atoms with E-state index in [9.17, 15) is 18.3 Å². The molecule has 20 heavy (non-hydrogen) atoms. The maximum atomic E-state index is 12.2. The lowest BCUT2D eigenvalue weighted by molar-refractivity contribution is -0.274. The van der Waals surface area contributed by atoms with E-state index < -0.39 is 12.1 Å². The number of alkyl halides is 3. The second kappa shape index (κ2) is 5.42. The van der Waals surface area contributed by atoms with E-state index in [2.05, 4.69) is 4.74 Å². The fourth-order valence-electron chi connectivity index (χ4n) is 1.65. The number of hydrogen-bond acceptors (Lipinski definition) is 2. The molecule has 0 bridgehead atoms. The van der Waals surface area contributed by atoms with Crippen molar-refractivity contribution in [2.45, 2.75) is 6.36 Å². The maximum Gasteiger partial charge on any atom is 0.573 e. The Kier molecular flexibility index (Phi) is 4.01. The number of ether oxygens (including phenoxy) is 1. The van der Waals surface area contributed by atoms with E-state index in [1.807, 2.05) is 0 Å². The van der Waals surface area contributed by atoms with Crippen LogP contribution in [0, 0.1) is 0 Å². The van der Waals surface area contributed by atoms with E-state index >= 15 is 0 Å². The van der Waals surface area contributed by atoms with E-state index in [1.54, 1.807) is 0 Å². The summed E-state index contributed by atoms with van der Waals surface area (Å²) in [6.07, 6.45) is -4.84. The van der Waals surface area contributed by atoms with E-state index in [-0.39, 0.29) is 16.3 Å². The molecule has 1 N–H and O–H groups in total. The average molecular weight is 323 g/mol. The molecule has 0 heterocycles. The van der Waals surface area contributed by atoms with Crippen molar-refractivity contribution in [3.05, 3.63) is 46.4 Å². The Balaban J connectivity index is 2.46. The van der Waals surface area contributed by atoms with Crippen LogP contribution < -0.4 is 4.74 Å². The fraction of sp³-hybridized carbons (Fsp3) is 0.0769. The predicted octanol–water partition coefficient (Wildman–Crippen LogP) is 5.26. The molecule has 0 spiro atoms. The Bertz CT molecular complexity index is 642. The Hall–Kier alpha value is -1.59. The summed E-state index contributed by atoms with van der Waals surface area (Å²) in [5.41, 5.74) is 0.713. The van der Waals surface area contributed by atoms with E-state index in [4.69, 9.17) is 23.2 Å². The maximum absolute atomic E-state index is 12.2. The van der Waals surface area contributed by atoms with E-state index in [0.29, 0.717) is 10.6 Å². The zero-order valence-corrected chi connectivity index (χ0v) is 11.2. The van der Waals surface area contributed by atoms with Gasteiger partial charge in [-0.1, -0.05) is 29.3 Å². The highest BCUT2D eigenvalue weighted by atomic mass is 35.5. The highest BCUT2D eigenvalue weighted by molar-refractivity contribution is 6.36. The van der Waals surface area contributed by atoms with Crippen molar-refractivity contribution < 1.29 is 23.0 Å². The highest BCUT2D eigenvalue weighted by Gasteiger charge is 2.31. The molecule has 2 rings (SSSR count). The summed E-state index contributed by atoms with van der Waals surface area (Å²) in [7, 11) is 0. The van der Waals surface area contributed by atoms with Crippen LogP contribution >= 0.6 is 23.2 Å². The molecule has 0 saturated carbocycles. The van der Waals surface area contributed by atoms with Gasteiger partial charge < -0.3 is 9.84 Å². The van der Waals surface area contributed by atoms with Crippen LogP contribution in [0.3, 0.4) is 0 Å². The molecule has 0 saturated heterocycles. The Morgan fingerprint density at radius 2 is 1.70 bits per heavy atom. The third-order valence-electron chi connectivity index (χ3n) is 2.37. The van der Waals surface area contributed by atoms with Crippen molar-refractivity contribution in [3.8, 4) is 22.6 Å². The van der Waals surface area contributed by atoms with Crippen molar-refractivity contribution in [2.75, 3.05) is 0 Å². The SMILES string of the molecule is Oc1cc(OC(F)(F)F)cc(-c2ccc(Cl)cc2Cl)c1. The van der Waals surface area contributed by atoms with Gasteiger partial charge in [-0.25, -0.2) is 0 Å². The van der Waals surface area contributed by atoms with Gasteiger partial charge in [0.1, 0.15) is 11.5 Å². The molecule has 106 valence electrons. The lowest BCUT2D eigenvalue weighted by atomic mass is 10.1. The van der Waals surface area contributed by atoms with Crippen LogP contribution in [0.4, 0.5) is 13.2 Å². The zero-order chi connectivity index (χ0) is 14.9. The number of hydrogen-bond donors (Lipinski definition) is 1. The molecule has 2 aromatic rings. The first-order chi connectivity index (χ1) is 9.24. The quantitative estimate of drug-likeness (QED) is 0.816. The Labute approximate surface area is 122 Å². The molecule has 0 atom stereocenters. The van der Waals surface area contributed by atoms with Crippen LogP contribution in [0.2, 0.25) is 10.0 Å². The Morgan fingerprint density at radius 3 is 2.30 bits per heavy atom. The predicted molar refractivity (Wildman–Crippen MR) is 70.2 cm³/mol. The largest absolute Gasteiger partial charge is 0.573 e. The number of rotatable bonds is 2. The molecule has 0 fully saturated rings. The number of benzene rings is 2. The van der Waals surface area contributed by atoms with Crippen molar-refractivity contribution in [1.29, 1.82) is 0 Å². The number of phenolic OH excluding ortho intramolecular Hbond substituents is 1. The molecule has 0 aliphatic carbocycles. The third-order valence-corrected chi connectivity index (χ3v) is 2.91. The van der Waals surface area contributed by atoms with Crippen molar-refractivity contribution in [1.82, 2.24) is 0 Å². The van der Waals surface area contributed by atoms with Crippen molar-refractivity contribution in [3.63, 3.8) is 0 Å². The zero-order valence-electron chi connectivity index (χ0n) is 9.71.